The molecule has 63 heavy (non-hydrogen) atoms. The molecule has 10 aromatic carbocycles. The van der Waals surface area contributed by atoms with Crippen LogP contribution in [0.2, 0.25) is 0 Å². The number of furan rings is 3. The molecule has 0 amide bonds. The molecule has 0 atom stereocenters. The summed E-state index contributed by atoms with van der Waals surface area (Å²) < 4.78 is 20.0. The molecule has 13 rings (SSSR count). The molecule has 0 saturated heterocycles. The first kappa shape index (κ1) is 35.5. The summed E-state index contributed by atoms with van der Waals surface area (Å²) in [6.45, 7) is 4.32. The van der Waals surface area contributed by atoms with Crippen LogP contribution < -0.4 is 9.80 Å². The minimum absolute atomic E-state index is 0.852. The number of fused-ring (bicyclic) bond motifs is 11. The predicted molar refractivity (Wildman–Crippen MR) is 262 cm³/mol. The Morgan fingerprint density at radius 2 is 0.698 bits per heavy atom. The van der Waals surface area contributed by atoms with E-state index >= 15 is 0 Å². The molecule has 0 bridgehead atoms. The van der Waals surface area contributed by atoms with Crippen molar-refractivity contribution >= 4 is 121 Å². The zero-order chi connectivity index (χ0) is 41.8. The van der Waals surface area contributed by atoms with E-state index in [-0.39, 0.29) is 0 Å². The molecule has 5 nitrogen and oxygen atoms in total. The number of anilines is 6. The van der Waals surface area contributed by atoms with Gasteiger partial charge in [-0.25, -0.2) is 0 Å². The lowest BCUT2D eigenvalue weighted by Crippen LogP contribution is -2.11. The molecule has 3 aromatic heterocycles. The first-order valence-corrected chi connectivity index (χ1v) is 21.4. The van der Waals surface area contributed by atoms with Crippen LogP contribution in [0.5, 0.6) is 0 Å². The Balaban J connectivity index is 0.951. The van der Waals surface area contributed by atoms with Crippen molar-refractivity contribution in [2.24, 2.45) is 0 Å². The largest absolute Gasteiger partial charge is 0.456 e. The van der Waals surface area contributed by atoms with Crippen molar-refractivity contribution in [1.82, 2.24) is 0 Å². The molecule has 0 fully saturated rings. The third-order valence-corrected chi connectivity index (χ3v) is 12.8. The third kappa shape index (κ3) is 5.49. The molecule has 3 heterocycles. The van der Waals surface area contributed by atoms with Gasteiger partial charge >= 0.3 is 0 Å². The zero-order valence-electron chi connectivity index (χ0n) is 34.6. The van der Waals surface area contributed by atoms with E-state index in [9.17, 15) is 0 Å². The normalized spacial score (nSPS) is 12.0. The van der Waals surface area contributed by atoms with Crippen LogP contribution in [0.15, 0.2) is 207 Å². The first-order chi connectivity index (χ1) is 31.0. The molecule has 0 aliphatic rings. The highest BCUT2D eigenvalue weighted by Gasteiger charge is 2.23. The smallest absolute Gasteiger partial charge is 0.159 e. The van der Waals surface area contributed by atoms with E-state index in [1.165, 1.54) is 11.1 Å². The maximum atomic E-state index is 6.77. The number of nitrogens with zero attached hydrogens (tertiary/aromatic N) is 2. The van der Waals surface area contributed by atoms with E-state index in [2.05, 4.69) is 194 Å². The monoisotopic (exact) mass is 810 g/mol. The molecule has 0 aliphatic carbocycles. The van der Waals surface area contributed by atoms with Gasteiger partial charge in [0, 0.05) is 55.1 Å². The second-order valence-corrected chi connectivity index (χ2v) is 16.6. The van der Waals surface area contributed by atoms with Crippen molar-refractivity contribution in [1.29, 1.82) is 0 Å². The van der Waals surface area contributed by atoms with Crippen LogP contribution in [0.25, 0.3) is 87.4 Å². The summed E-state index contributed by atoms with van der Waals surface area (Å²) in [6, 6.07) is 68.8. The van der Waals surface area contributed by atoms with Crippen LogP contribution in [0.1, 0.15) is 11.1 Å². The molecule has 0 spiro atoms. The minimum atomic E-state index is 0.852. The van der Waals surface area contributed by atoms with E-state index in [0.29, 0.717) is 0 Å². The van der Waals surface area contributed by atoms with Crippen LogP contribution in [0.4, 0.5) is 34.1 Å². The molecule has 0 saturated carbocycles. The molecular formula is C58H38N2O3. The lowest BCUT2D eigenvalue weighted by molar-refractivity contribution is 0.668. The molecular weight excluding hydrogens is 773 g/mol. The summed E-state index contributed by atoms with van der Waals surface area (Å²) in [5.74, 6) is 0. The maximum absolute atomic E-state index is 6.77. The molecule has 0 unspecified atom stereocenters. The van der Waals surface area contributed by atoms with Gasteiger partial charge in [0.25, 0.3) is 0 Å². The fourth-order valence-electron chi connectivity index (χ4n) is 9.78. The number of rotatable bonds is 6. The molecule has 5 heteroatoms. The van der Waals surface area contributed by atoms with Crippen molar-refractivity contribution in [2.75, 3.05) is 9.80 Å². The van der Waals surface area contributed by atoms with E-state index in [1.54, 1.807) is 0 Å². The lowest BCUT2D eigenvalue weighted by Gasteiger charge is -2.27. The number of para-hydroxylation sites is 6. The van der Waals surface area contributed by atoms with Gasteiger partial charge in [-0.3, -0.25) is 0 Å². The van der Waals surface area contributed by atoms with Gasteiger partial charge < -0.3 is 23.1 Å². The average molecular weight is 811 g/mol. The second kappa shape index (κ2) is 13.6. The molecule has 298 valence electrons. The lowest BCUT2D eigenvalue weighted by atomic mass is 10.0. The SMILES string of the molecule is Cc1ccccc1N(c1ccc2cc3c(cc2c1)oc1cc2cc(N(c4ccccc4C)c4cccc5c4oc4ccccc45)ccc2cc13)c1cccc2c1oc1ccccc12. The second-order valence-electron chi connectivity index (χ2n) is 16.6. The molecule has 0 radical (unpaired) electrons. The summed E-state index contributed by atoms with van der Waals surface area (Å²) in [5.41, 5.74) is 13.8. The average Bonchev–Trinajstić information content (AvgIpc) is 4.00. The fraction of sp³-hybridized carbons (Fsp3) is 0.0345. The van der Waals surface area contributed by atoms with E-state index < -0.39 is 0 Å². The van der Waals surface area contributed by atoms with Gasteiger partial charge in [0.05, 0.1) is 11.4 Å². The summed E-state index contributed by atoms with van der Waals surface area (Å²) in [5, 5.41) is 11.1. The highest BCUT2D eigenvalue weighted by atomic mass is 16.3. The molecule has 0 N–H and O–H groups in total. The highest BCUT2D eigenvalue weighted by molar-refractivity contribution is 6.15. The van der Waals surface area contributed by atoms with E-state index in [0.717, 1.165) is 121 Å². The van der Waals surface area contributed by atoms with Crippen LogP contribution in [0, 0.1) is 13.8 Å². The topological polar surface area (TPSA) is 45.9 Å². The maximum Gasteiger partial charge on any atom is 0.159 e. The fourth-order valence-corrected chi connectivity index (χ4v) is 9.78. The molecule has 13 aromatic rings. The van der Waals surface area contributed by atoms with Crippen LogP contribution in [-0.2, 0) is 0 Å². The van der Waals surface area contributed by atoms with Gasteiger partial charge in [0.1, 0.15) is 22.3 Å². The zero-order valence-corrected chi connectivity index (χ0v) is 34.6. The summed E-state index contributed by atoms with van der Waals surface area (Å²) in [4.78, 5) is 4.64. The van der Waals surface area contributed by atoms with Gasteiger partial charge in [-0.05, 0) is 131 Å². The Morgan fingerprint density at radius 1 is 0.286 bits per heavy atom. The standard InChI is InChI=1S/C58H38N2O3/c1-35-13-3-7-19-49(35)59(51-21-11-17-45-43-15-5-9-23-53(43)62-57(45)51)41-27-25-37-31-47-48-32-38-26-28-42(30-40(38)34-56(48)61-55(47)33-39(37)29-41)60(50-20-8-4-14-36(50)2)52-22-12-18-46-44-16-6-10-24-54(44)63-58(46)52/h3-34H,1-2H3. The van der Waals surface area contributed by atoms with Crippen molar-refractivity contribution in [3.05, 3.63) is 205 Å². The summed E-state index contributed by atoms with van der Waals surface area (Å²) in [6.07, 6.45) is 0. The summed E-state index contributed by atoms with van der Waals surface area (Å²) >= 11 is 0. The van der Waals surface area contributed by atoms with Crippen LogP contribution in [-0.4, -0.2) is 0 Å². The van der Waals surface area contributed by atoms with Crippen molar-refractivity contribution in [3.8, 4) is 0 Å². The Hall–Kier alpha value is -8.28. The Labute approximate surface area is 362 Å². The van der Waals surface area contributed by atoms with Gasteiger partial charge in [-0.2, -0.15) is 0 Å². The Bertz CT molecular complexity index is 3720. The highest BCUT2D eigenvalue weighted by Crippen LogP contribution is 2.46. The summed E-state index contributed by atoms with van der Waals surface area (Å²) in [7, 11) is 0. The van der Waals surface area contributed by atoms with E-state index in [1.807, 2.05) is 24.3 Å². The predicted octanol–water partition coefficient (Wildman–Crippen LogP) is 17.2. The van der Waals surface area contributed by atoms with Crippen molar-refractivity contribution in [2.45, 2.75) is 13.8 Å². The third-order valence-electron chi connectivity index (χ3n) is 12.8. The molecule has 0 aliphatic heterocycles. The quantitative estimate of drug-likeness (QED) is 0.167. The Kier molecular flexibility index (Phi) is 7.67. The number of benzene rings is 10. The minimum Gasteiger partial charge on any atom is -0.456 e. The van der Waals surface area contributed by atoms with Gasteiger partial charge in [-0.15, -0.1) is 0 Å². The van der Waals surface area contributed by atoms with Crippen molar-refractivity contribution in [3.63, 3.8) is 0 Å². The van der Waals surface area contributed by atoms with Crippen LogP contribution >= 0.6 is 0 Å². The van der Waals surface area contributed by atoms with Gasteiger partial charge in [-0.1, -0.05) is 109 Å². The van der Waals surface area contributed by atoms with E-state index in [4.69, 9.17) is 13.3 Å². The number of hydrogen-bond donors (Lipinski definition) is 0. The van der Waals surface area contributed by atoms with Crippen LogP contribution in [0.3, 0.4) is 0 Å². The van der Waals surface area contributed by atoms with Crippen molar-refractivity contribution < 1.29 is 13.3 Å². The first-order valence-electron chi connectivity index (χ1n) is 21.4. The van der Waals surface area contributed by atoms with Gasteiger partial charge in [0.15, 0.2) is 11.2 Å². The number of hydrogen-bond acceptors (Lipinski definition) is 5. The number of aryl methyl sites for hydroxylation is 2. The van der Waals surface area contributed by atoms with Gasteiger partial charge in [0.2, 0.25) is 0 Å². The Morgan fingerprint density at radius 3 is 1.17 bits per heavy atom.